The van der Waals surface area contributed by atoms with E-state index in [-0.39, 0.29) is 11.4 Å². The highest BCUT2D eigenvalue weighted by Crippen LogP contribution is 2.08. The van der Waals surface area contributed by atoms with E-state index in [2.05, 4.69) is 10.3 Å². The van der Waals surface area contributed by atoms with E-state index in [1.165, 1.54) is 12.3 Å². The molecule has 0 atom stereocenters. The molecule has 7 nitrogen and oxygen atoms in total. The zero-order valence-corrected chi connectivity index (χ0v) is 11.5. The van der Waals surface area contributed by atoms with Crippen molar-refractivity contribution < 1.29 is 9.21 Å². The second-order valence-corrected chi connectivity index (χ2v) is 4.40. The maximum Gasteiger partial charge on any atom is 0.269 e. The van der Waals surface area contributed by atoms with Crippen molar-refractivity contribution in [3.8, 4) is 0 Å². The molecule has 7 heteroatoms. The van der Waals surface area contributed by atoms with Gasteiger partial charge in [-0.3, -0.25) is 10.2 Å². The third-order valence-corrected chi connectivity index (χ3v) is 2.79. The first-order chi connectivity index (χ1) is 10.2. The molecule has 0 aromatic carbocycles. The van der Waals surface area contributed by atoms with Crippen molar-refractivity contribution in [3.05, 3.63) is 49.0 Å². The lowest BCUT2D eigenvalue weighted by atomic mass is 10.2. The molecule has 0 fully saturated rings. The van der Waals surface area contributed by atoms with Gasteiger partial charge < -0.3 is 20.0 Å². The molecule has 4 N–H and O–H groups in total. The summed E-state index contributed by atoms with van der Waals surface area (Å²) in [5, 5.41) is 10.3. The molecule has 2 rings (SSSR count). The van der Waals surface area contributed by atoms with E-state index >= 15 is 0 Å². The number of carbonyl (C=O) groups is 1. The summed E-state index contributed by atoms with van der Waals surface area (Å²) in [5.74, 6) is -0.0252. The molecule has 110 valence electrons. The molecular weight excluding hydrogens is 270 g/mol. The number of rotatable bonds is 7. The monoisotopic (exact) mass is 287 g/mol. The Bertz CT molecular complexity index is 614. The molecule has 0 saturated carbocycles. The number of aryl methyl sites for hydroxylation is 1. The Hall–Kier alpha value is -2.83. The van der Waals surface area contributed by atoms with Crippen LogP contribution in [0.15, 0.2) is 47.6 Å². The van der Waals surface area contributed by atoms with Gasteiger partial charge in [-0.1, -0.05) is 0 Å². The Kier molecular flexibility index (Phi) is 4.92. The molecular formula is C14H17N5O2. The molecule has 0 saturated heterocycles. The van der Waals surface area contributed by atoms with Gasteiger partial charge in [-0.05, 0) is 24.6 Å². The molecule has 0 aliphatic carbocycles. The summed E-state index contributed by atoms with van der Waals surface area (Å²) in [6.45, 7) is 1.24. The zero-order valence-electron chi connectivity index (χ0n) is 11.5. The Morgan fingerprint density at radius 3 is 3.10 bits per heavy atom. The number of amides is 1. The third-order valence-electron chi connectivity index (χ3n) is 2.79. The molecule has 21 heavy (non-hydrogen) atoms. The van der Waals surface area contributed by atoms with E-state index in [4.69, 9.17) is 15.6 Å². The number of nitrogens with zero attached hydrogens (tertiary/aromatic N) is 2. The quantitative estimate of drug-likeness (QED) is 0.521. The van der Waals surface area contributed by atoms with E-state index in [0.29, 0.717) is 12.3 Å². The Morgan fingerprint density at radius 2 is 2.43 bits per heavy atom. The molecule has 2 aromatic rings. The van der Waals surface area contributed by atoms with E-state index in [1.807, 2.05) is 10.8 Å². The molecule has 0 unspecified atom stereocenters. The third kappa shape index (κ3) is 4.34. The van der Waals surface area contributed by atoms with Crippen molar-refractivity contribution in [1.29, 1.82) is 5.41 Å². The van der Waals surface area contributed by atoms with Crippen LogP contribution in [0, 0.1) is 5.41 Å². The normalized spacial score (nSPS) is 11.3. The highest BCUT2D eigenvalue weighted by Gasteiger charge is 2.08. The second-order valence-electron chi connectivity index (χ2n) is 4.40. The summed E-state index contributed by atoms with van der Waals surface area (Å²) >= 11 is 0. The fourth-order valence-corrected chi connectivity index (χ4v) is 1.71. The molecule has 0 aliphatic rings. The summed E-state index contributed by atoms with van der Waals surface area (Å²) in [6.07, 6.45) is 8.80. The minimum absolute atomic E-state index is 0.202. The number of aromatic nitrogens is 2. The molecule has 0 radical (unpaired) electrons. The van der Waals surface area contributed by atoms with Gasteiger partial charge in [-0.2, -0.15) is 0 Å². The fourth-order valence-electron chi connectivity index (χ4n) is 1.71. The topological polar surface area (TPSA) is 110 Å². The van der Waals surface area contributed by atoms with Crippen LogP contribution in [0.3, 0.4) is 0 Å². The van der Waals surface area contributed by atoms with Gasteiger partial charge in [0.15, 0.2) is 0 Å². The lowest BCUT2D eigenvalue weighted by Gasteiger charge is -2.05. The number of nitrogens with two attached hydrogens (primary N) is 1. The molecule has 0 aliphatic heterocycles. The number of imidazole rings is 1. The minimum Gasteiger partial charge on any atom is -0.463 e. The van der Waals surface area contributed by atoms with Crippen LogP contribution in [0.1, 0.15) is 12.2 Å². The van der Waals surface area contributed by atoms with Crippen LogP contribution in [-0.2, 0) is 11.3 Å². The number of hydrogen-bond donors (Lipinski definition) is 3. The van der Waals surface area contributed by atoms with Crippen LogP contribution >= 0.6 is 0 Å². The van der Waals surface area contributed by atoms with Gasteiger partial charge in [0.1, 0.15) is 11.5 Å². The van der Waals surface area contributed by atoms with Crippen molar-refractivity contribution >= 4 is 17.3 Å². The van der Waals surface area contributed by atoms with Crippen molar-refractivity contribution in [2.75, 3.05) is 6.54 Å². The molecule has 1 amide bonds. The number of furan rings is 1. The average Bonchev–Trinajstić information content (AvgIpc) is 3.15. The van der Waals surface area contributed by atoms with Crippen molar-refractivity contribution in [1.82, 2.24) is 14.9 Å². The fraction of sp³-hybridized carbons (Fsp3) is 0.214. The van der Waals surface area contributed by atoms with Gasteiger partial charge in [-0.25, -0.2) is 4.98 Å². The Labute approximate surface area is 122 Å². The summed E-state index contributed by atoms with van der Waals surface area (Å²) in [6, 6.07) is 3.36. The molecule has 0 bridgehead atoms. The van der Waals surface area contributed by atoms with E-state index in [1.54, 1.807) is 24.7 Å². The van der Waals surface area contributed by atoms with Gasteiger partial charge in [0.05, 0.1) is 18.3 Å². The number of hydrogen-bond acceptors (Lipinski definition) is 5. The van der Waals surface area contributed by atoms with Crippen molar-refractivity contribution in [2.24, 2.45) is 5.73 Å². The SMILES string of the molecule is N=C(C=C(N)c1ccco1)C(=O)NCCCn1ccnc1. The van der Waals surface area contributed by atoms with Gasteiger partial charge in [0.2, 0.25) is 0 Å². The van der Waals surface area contributed by atoms with Gasteiger partial charge in [0.25, 0.3) is 5.91 Å². The van der Waals surface area contributed by atoms with Crippen LogP contribution in [0.25, 0.3) is 5.70 Å². The van der Waals surface area contributed by atoms with Crippen LogP contribution in [-0.4, -0.2) is 27.7 Å². The maximum absolute atomic E-state index is 11.7. The van der Waals surface area contributed by atoms with Crippen LogP contribution < -0.4 is 11.1 Å². The highest BCUT2D eigenvalue weighted by molar-refractivity contribution is 6.43. The van der Waals surface area contributed by atoms with Crippen LogP contribution in [0.2, 0.25) is 0 Å². The Morgan fingerprint density at radius 1 is 1.57 bits per heavy atom. The first-order valence-corrected chi connectivity index (χ1v) is 6.50. The van der Waals surface area contributed by atoms with Gasteiger partial charge >= 0.3 is 0 Å². The van der Waals surface area contributed by atoms with E-state index in [0.717, 1.165) is 13.0 Å². The lowest BCUT2D eigenvalue weighted by Crippen LogP contribution is -2.31. The zero-order chi connectivity index (χ0) is 15.1. The molecule has 2 heterocycles. The minimum atomic E-state index is -0.463. The van der Waals surface area contributed by atoms with Crippen molar-refractivity contribution in [2.45, 2.75) is 13.0 Å². The maximum atomic E-state index is 11.7. The summed E-state index contributed by atoms with van der Waals surface area (Å²) < 4.78 is 7.01. The first kappa shape index (κ1) is 14.6. The standard InChI is InChI=1S/C14H17N5O2/c15-11(13-3-1-8-21-13)9-12(16)14(20)18-4-2-6-19-7-5-17-10-19/h1,3,5,7-10,16H,2,4,6,15H2,(H,18,20). The molecule has 2 aromatic heterocycles. The van der Waals surface area contributed by atoms with E-state index < -0.39 is 5.91 Å². The predicted octanol–water partition coefficient (Wildman–Crippen LogP) is 1.00. The van der Waals surface area contributed by atoms with Crippen molar-refractivity contribution in [3.63, 3.8) is 0 Å². The number of carbonyl (C=O) groups excluding carboxylic acids is 1. The summed E-state index contributed by atoms with van der Waals surface area (Å²) in [5.41, 5.74) is 5.78. The van der Waals surface area contributed by atoms with Gasteiger partial charge in [0, 0.05) is 25.5 Å². The summed E-state index contributed by atoms with van der Waals surface area (Å²) in [4.78, 5) is 15.7. The predicted molar refractivity (Wildman–Crippen MR) is 78.5 cm³/mol. The highest BCUT2D eigenvalue weighted by atomic mass is 16.3. The van der Waals surface area contributed by atoms with Crippen LogP contribution in [0.5, 0.6) is 0 Å². The summed E-state index contributed by atoms with van der Waals surface area (Å²) in [7, 11) is 0. The van der Waals surface area contributed by atoms with Crippen LogP contribution in [0.4, 0.5) is 0 Å². The largest absolute Gasteiger partial charge is 0.463 e. The molecule has 0 spiro atoms. The Balaban J connectivity index is 1.75. The van der Waals surface area contributed by atoms with Gasteiger partial charge in [-0.15, -0.1) is 0 Å². The average molecular weight is 287 g/mol. The first-order valence-electron chi connectivity index (χ1n) is 6.50. The second kappa shape index (κ2) is 7.09. The number of nitrogens with one attached hydrogen (secondary N) is 2. The lowest BCUT2D eigenvalue weighted by molar-refractivity contribution is -0.114. The smallest absolute Gasteiger partial charge is 0.269 e. The van der Waals surface area contributed by atoms with E-state index in [9.17, 15) is 4.79 Å².